The molecule has 0 aliphatic carbocycles. The van der Waals surface area contributed by atoms with Crippen molar-refractivity contribution in [3.8, 4) is 0 Å². The van der Waals surface area contributed by atoms with Crippen molar-refractivity contribution in [1.82, 2.24) is 0 Å². The van der Waals surface area contributed by atoms with E-state index in [1.165, 1.54) is 18.0 Å². The van der Waals surface area contributed by atoms with E-state index in [1.807, 2.05) is 0 Å². The van der Waals surface area contributed by atoms with Gasteiger partial charge in [-0.2, -0.15) is 0 Å². The summed E-state index contributed by atoms with van der Waals surface area (Å²) < 4.78 is 24.8. The molecule has 0 aromatic heterocycles. The Bertz CT molecular complexity index is 33.6. The van der Waals surface area contributed by atoms with E-state index >= 15 is 0 Å². The Kier molecular flexibility index (Phi) is 1460. The Labute approximate surface area is 239 Å². The monoisotopic (exact) mass is 859 g/mol. The van der Waals surface area contributed by atoms with Gasteiger partial charge in [0.1, 0.15) is 0 Å². The number of thiol groups is 4. The molecule has 0 rings (SSSR count). The van der Waals surface area contributed by atoms with Crippen LogP contribution in [0.3, 0.4) is 0 Å². The van der Waals surface area contributed by atoms with Crippen LogP contribution in [-0.2, 0) is 235 Å². The average Bonchev–Trinajstić information content (AvgIpc) is 2.54. The van der Waals surface area contributed by atoms with Crippen LogP contribution in [0.1, 0.15) is 0 Å². The molecule has 0 aliphatic rings. The predicted octanol–water partition coefficient (Wildman–Crippen LogP) is -0.818. The normalized spacial score (nSPS) is 2.20. The average molecular weight is 853 g/mol. The van der Waals surface area contributed by atoms with Crippen molar-refractivity contribution < 1.29 is 87.5 Å². The van der Waals surface area contributed by atoms with Crippen LogP contribution in [0.5, 0.6) is 0 Å². The molecule has 0 heterocycles. The van der Waals surface area contributed by atoms with Crippen LogP contribution < -0.4 is 0 Å². The molecule has 128 valence electrons. The summed E-state index contributed by atoms with van der Waals surface area (Å²) in [6.07, 6.45) is 0. The fourth-order valence-corrected chi connectivity index (χ4v) is 0. The third kappa shape index (κ3) is 316. The second-order valence-corrected chi connectivity index (χ2v) is 0. The quantitative estimate of drug-likeness (QED) is 0.132. The molecule has 0 amide bonds. The first-order valence-corrected chi connectivity index (χ1v) is 11.9. The molecule has 0 aliphatic heterocycles. The van der Waals surface area contributed by atoms with Gasteiger partial charge < -0.3 is 147 Å². The maximum absolute atomic E-state index is 8.26. The van der Waals surface area contributed by atoms with Gasteiger partial charge in [0.2, 0.25) is 0 Å². The van der Waals surface area contributed by atoms with Gasteiger partial charge in [0.15, 0.2) is 0 Å². The fourth-order valence-electron chi connectivity index (χ4n) is 0. The molecule has 0 aromatic rings. The molecule has 0 fully saturated rings. The summed E-state index contributed by atoms with van der Waals surface area (Å²) in [5, 5.41) is 0. The van der Waals surface area contributed by atoms with Crippen LogP contribution in [0, 0.1) is 0 Å². The molecule has 0 aromatic carbocycles. The van der Waals surface area contributed by atoms with Gasteiger partial charge in [-0.3, -0.25) is 0 Å². The molecule has 0 radical (unpaired) electrons. The van der Waals surface area contributed by atoms with Gasteiger partial charge in [-0.05, 0) is 0 Å². The predicted molar refractivity (Wildman–Crippen MR) is 104 cm³/mol. The Morgan fingerprint density at radius 2 is 0.500 bits per heavy atom. The molecular formula is H4Mo4O3S13-4. The summed E-state index contributed by atoms with van der Waals surface area (Å²) >= 11 is 33.0. The molecule has 0 N–H and O–H groups in total. The molecule has 20 heteroatoms. The van der Waals surface area contributed by atoms with E-state index in [9.17, 15) is 0 Å². The van der Waals surface area contributed by atoms with E-state index in [1.54, 1.807) is 0 Å². The van der Waals surface area contributed by atoms with Gasteiger partial charge in [-0.1, -0.05) is 0 Å². The van der Waals surface area contributed by atoms with E-state index in [-0.39, 0.29) is 54.0 Å². The SMILES string of the molecule is [O]=[Mo+4].[O]=[Mo+4].[O]=[Mo].[S-][S-].[S-][S-].[S-][S-].[S-][S-].[SH-].[SH-].[SH-].[SH-].[S]=[Mo]. The second-order valence-electron chi connectivity index (χ2n) is 0. The summed E-state index contributed by atoms with van der Waals surface area (Å²) in [5.41, 5.74) is 0. The molecule has 0 unspecified atom stereocenters. The first-order chi connectivity index (χ1) is 8.00. The Morgan fingerprint density at radius 3 is 0.500 bits per heavy atom. The third-order valence-electron chi connectivity index (χ3n) is 0. The molecular weight excluding hydrogens is 849 g/mol. The van der Waals surface area contributed by atoms with Crippen molar-refractivity contribution in [2.75, 3.05) is 0 Å². The molecule has 0 spiro atoms. The number of hydrogen-bond acceptors (Lipinski definition) is 16. The Hall–Kier alpha value is 6.57. The summed E-state index contributed by atoms with van der Waals surface area (Å²) in [7, 11) is 4.09. The first kappa shape index (κ1) is 81.8. The van der Waals surface area contributed by atoms with Crippen LogP contribution in [0.15, 0.2) is 0 Å². The van der Waals surface area contributed by atoms with E-state index in [2.05, 4.69) is 103 Å². The minimum absolute atomic E-state index is 0. The van der Waals surface area contributed by atoms with E-state index in [0.717, 1.165) is 0 Å². The first-order valence-electron chi connectivity index (χ1n) is 1.33. The van der Waals surface area contributed by atoms with Gasteiger partial charge >= 0.3 is 97.3 Å². The van der Waals surface area contributed by atoms with Gasteiger partial charge in [-0.15, -0.1) is 0 Å². The van der Waals surface area contributed by atoms with Crippen LogP contribution in [0.2, 0.25) is 0 Å². The molecule has 3 nitrogen and oxygen atoms in total. The summed E-state index contributed by atoms with van der Waals surface area (Å²) in [6, 6.07) is 0. The van der Waals surface area contributed by atoms with Gasteiger partial charge in [-0.25, -0.2) is 0 Å². The standard InChI is InChI=1S/4Mo.3O.4S2.4H2S.S/c;;;;;;;4*1-2;;;;;/h;;;;;;;;;;;4*1H2;/q;;2*+4;;;;4*-2;;;;;/p-4. The molecule has 0 saturated heterocycles. The van der Waals surface area contributed by atoms with Crippen molar-refractivity contribution >= 4 is 157 Å². The van der Waals surface area contributed by atoms with E-state index in [0.29, 0.717) is 59.3 Å². The zero-order valence-corrected chi connectivity index (χ0v) is 27.3. The van der Waals surface area contributed by atoms with Gasteiger partial charge in [0.25, 0.3) is 0 Å². The van der Waals surface area contributed by atoms with Crippen molar-refractivity contribution in [1.29, 1.82) is 0 Å². The minimum atomic E-state index is 0. The zero-order chi connectivity index (χ0) is 16.0. The van der Waals surface area contributed by atoms with Crippen molar-refractivity contribution in [3.63, 3.8) is 0 Å². The molecule has 0 atom stereocenters. The van der Waals surface area contributed by atoms with E-state index in [4.69, 9.17) is 10.2 Å². The van der Waals surface area contributed by atoms with Crippen LogP contribution in [0.25, 0.3) is 0 Å². The Balaban J connectivity index is -0.00000000356. The summed E-state index contributed by atoms with van der Waals surface area (Å²) in [4.78, 5) is 0. The molecule has 0 saturated carbocycles. The molecule has 0 bridgehead atoms. The van der Waals surface area contributed by atoms with Gasteiger partial charge in [0, 0.05) is 0 Å². The number of rotatable bonds is 0. The zero-order valence-electron chi connectivity index (χ0n) is 8.32. The van der Waals surface area contributed by atoms with Crippen LogP contribution >= 0.6 is 9.82 Å². The van der Waals surface area contributed by atoms with Crippen LogP contribution in [-0.4, -0.2) is 0 Å². The topological polar surface area (TPSA) is 51.2 Å². The van der Waals surface area contributed by atoms with Crippen molar-refractivity contribution in [2.45, 2.75) is 0 Å². The van der Waals surface area contributed by atoms with Gasteiger partial charge in [0.05, 0.1) is 0 Å². The molecule has 20 heavy (non-hydrogen) atoms. The maximum atomic E-state index is 8.26. The fraction of sp³-hybridized carbons (Fsp3) is 0. The third-order valence-corrected chi connectivity index (χ3v) is 0. The summed E-state index contributed by atoms with van der Waals surface area (Å²) in [6.45, 7) is 0. The van der Waals surface area contributed by atoms with Crippen molar-refractivity contribution in [2.24, 2.45) is 0 Å². The van der Waals surface area contributed by atoms with Crippen molar-refractivity contribution in [3.05, 3.63) is 0 Å². The second kappa shape index (κ2) is 357. The Morgan fingerprint density at radius 1 is 0.500 bits per heavy atom. The van der Waals surface area contributed by atoms with E-state index < -0.39 is 0 Å². The summed E-state index contributed by atoms with van der Waals surface area (Å²) in [5.74, 6) is 0. The number of hydrogen-bond donors (Lipinski definition) is 0. The van der Waals surface area contributed by atoms with Crippen LogP contribution in [0.4, 0.5) is 0 Å².